The monoisotopic (exact) mass is 374 g/mol. The van der Waals surface area contributed by atoms with Crippen LogP contribution in [0.15, 0.2) is 47.4 Å². The summed E-state index contributed by atoms with van der Waals surface area (Å²) < 4.78 is 32.5. The van der Waals surface area contributed by atoms with E-state index in [9.17, 15) is 13.2 Å². The lowest BCUT2D eigenvalue weighted by Crippen LogP contribution is -2.41. The number of amides is 1. The molecule has 0 aromatic heterocycles. The van der Waals surface area contributed by atoms with E-state index in [1.807, 2.05) is 26.0 Å². The molecule has 3 rings (SSSR count). The molecule has 2 aromatic carbocycles. The molecule has 26 heavy (non-hydrogen) atoms. The van der Waals surface area contributed by atoms with Gasteiger partial charge in [-0.25, -0.2) is 8.42 Å². The van der Waals surface area contributed by atoms with Crippen molar-refractivity contribution in [3.63, 3.8) is 0 Å². The van der Waals surface area contributed by atoms with E-state index in [0.29, 0.717) is 18.9 Å². The third kappa shape index (κ3) is 3.65. The molecule has 0 unspecified atom stereocenters. The van der Waals surface area contributed by atoms with Gasteiger partial charge in [0.15, 0.2) is 0 Å². The molecule has 1 aliphatic heterocycles. The molecular weight excluding hydrogens is 352 g/mol. The van der Waals surface area contributed by atoms with Crippen molar-refractivity contribution in [3.8, 4) is 0 Å². The van der Waals surface area contributed by atoms with Crippen molar-refractivity contribution in [3.05, 3.63) is 59.2 Å². The fraction of sp³-hybridized carbons (Fsp3) is 0.316. The molecule has 0 spiro atoms. The summed E-state index contributed by atoms with van der Waals surface area (Å²) in [6, 6.07) is 11.9. The van der Waals surface area contributed by atoms with Gasteiger partial charge in [-0.2, -0.15) is 4.31 Å². The Morgan fingerprint density at radius 1 is 1.04 bits per heavy atom. The average molecular weight is 374 g/mol. The van der Waals surface area contributed by atoms with Crippen molar-refractivity contribution in [2.24, 2.45) is 0 Å². The Kier molecular flexibility index (Phi) is 5.41. The molecule has 0 atom stereocenters. The molecule has 1 amide bonds. The molecule has 0 aliphatic carbocycles. The van der Waals surface area contributed by atoms with Gasteiger partial charge in [0.2, 0.25) is 10.0 Å². The minimum Gasteiger partial charge on any atom is -0.379 e. The first-order valence-corrected chi connectivity index (χ1v) is 9.90. The Bertz CT molecular complexity index is 919. The van der Waals surface area contributed by atoms with Crippen LogP contribution in [0.3, 0.4) is 0 Å². The number of aryl methyl sites for hydroxylation is 1. The topological polar surface area (TPSA) is 75.7 Å². The Balaban J connectivity index is 1.94. The lowest BCUT2D eigenvalue weighted by Gasteiger charge is -2.26. The normalized spacial score (nSPS) is 15.6. The number of hydrogen-bond donors (Lipinski definition) is 1. The highest BCUT2D eigenvalue weighted by Crippen LogP contribution is 2.24. The van der Waals surface area contributed by atoms with Crippen molar-refractivity contribution in [1.82, 2.24) is 4.31 Å². The zero-order chi connectivity index (χ0) is 18.7. The van der Waals surface area contributed by atoms with E-state index >= 15 is 0 Å². The third-order valence-corrected chi connectivity index (χ3v) is 6.53. The summed E-state index contributed by atoms with van der Waals surface area (Å²) in [5.74, 6) is -0.439. The molecule has 1 fully saturated rings. The van der Waals surface area contributed by atoms with Crippen LogP contribution < -0.4 is 5.32 Å². The van der Waals surface area contributed by atoms with Crippen molar-refractivity contribution in [2.45, 2.75) is 18.7 Å². The van der Waals surface area contributed by atoms with E-state index in [-0.39, 0.29) is 23.5 Å². The summed E-state index contributed by atoms with van der Waals surface area (Å²) in [5.41, 5.74) is 2.82. The number of nitrogens with zero attached hydrogens (tertiary/aromatic N) is 1. The number of rotatable bonds is 4. The van der Waals surface area contributed by atoms with Crippen molar-refractivity contribution >= 4 is 21.6 Å². The van der Waals surface area contributed by atoms with Gasteiger partial charge in [-0.15, -0.1) is 0 Å². The minimum absolute atomic E-state index is 0.0182. The standard InChI is InChI=1S/C19H22N2O4S/c1-14-6-5-8-17(15(14)2)20-19(22)16-7-3-4-9-18(16)26(23,24)21-10-12-25-13-11-21/h3-9H,10-13H2,1-2H3,(H,20,22). The summed E-state index contributed by atoms with van der Waals surface area (Å²) in [6.45, 7) is 5.17. The van der Waals surface area contributed by atoms with Crippen LogP contribution >= 0.6 is 0 Å². The predicted octanol–water partition coefficient (Wildman–Crippen LogP) is 2.58. The van der Waals surface area contributed by atoms with E-state index in [1.54, 1.807) is 18.2 Å². The number of nitrogens with one attached hydrogen (secondary N) is 1. The number of benzene rings is 2. The highest BCUT2D eigenvalue weighted by atomic mass is 32.2. The molecule has 1 N–H and O–H groups in total. The number of sulfonamides is 1. The van der Waals surface area contributed by atoms with Gasteiger partial charge >= 0.3 is 0 Å². The molecule has 0 bridgehead atoms. The number of carbonyl (C=O) groups is 1. The van der Waals surface area contributed by atoms with Crippen LogP contribution in [0.1, 0.15) is 21.5 Å². The quantitative estimate of drug-likeness (QED) is 0.892. The first-order valence-electron chi connectivity index (χ1n) is 8.46. The van der Waals surface area contributed by atoms with E-state index in [0.717, 1.165) is 11.1 Å². The first kappa shape index (κ1) is 18.6. The highest BCUT2D eigenvalue weighted by Gasteiger charge is 2.30. The van der Waals surface area contributed by atoms with Crippen molar-refractivity contribution in [2.75, 3.05) is 31.6 Å². The largest absolute Gasteiger partial charge is 0.379 e. The van der Waals surface area contributed by atoms with E-state index in [2.05, 4.69) is 5.32 Å². The summed E-state index contributed by atoms with van der Waals surface area (Å²) in [5, 5.41) is 2.84. The van der Waals surface area contributed by atoms with Gasteiger partial charge in [0.1, 0.15) is 0 Å². The fourth-order valence-corrected chi connectivity index (χ4v) is 4.48. The Morgan fingerprint density at radius 2 is 1.73 bits per heavy atom. The molecule has 6 nitrogen and oxygen atoms in total. The molecule has 1 saturated heterocycles. The first-order chi connectivity index (χ1) is 12.4. The van der Waals surface area contributed by atoms with Crippen LogP contribution in [-0.2, 0) is 14.8 Å². The molecular formula is C19H22N2O4S. The lowest BCUT2D eigenvalue weighted by molar-refractivity contribution is 0.0730. The SMILES string of the molecule is Cc1cccc(NC(=O)c2ccccc2S(=O)(=O)N2CCOCC2)c1C. The van der Waals surface area contributed by atoms with Gasteiger partial charge in [0, 0.05) is 18.8 Å². The zero-order valence-electron chi connectivity index (χ0n) is 14.9. The van der Waals surface area contributed by atoms with Crippen molar-refractivity contribution in [1.29, 1.82) is 0 Å². The maximum absolute atomic E-state index is 13.0. The second kappa shape index (κ2) is 7.57. The molecule has 0 radical (unpaired) electrons. The third-order valence-electron chi connectivity index (χ3n) is 4.57. The predicted molar refractivity (Wildman–Crippen MR) is 99.9 cm³/mol. The summed E-state index contributed by atoms with van der Waals surface area (Å²) in [6.07, 6.45) is 0. The summed E-state index contributed by atoms with van der Waals surface area (Å²) in [4.78, 5) is 12.8. The molecule has 2 aromatic rings. The van der Waals surface area contributed by atoms with Gasteiger partial charge in [0.25, 0.3) is 5.91 Å². The van der Waals surface area contributed by atoms with Crippen LogP contribution in [0.2, 0.25) is 0 Å². The van der Waals surface area contributed by atoms with Crippen LogP contribution in [0.25, 0.3) is 0 Å². The number of morpholine rings is 1. The van der Waals surface area contributed by atoms with Crippen LogP contribution in [0, 0.1) is 13.8 Å². The number of hydrogen-bond acceptors (Lipinski definition) is 4. The van der Waals surface area contributed by atoms with Gasteiger partial charge in [0.05, 0.1) is 23.7 Å². The maximum atomic E-state index is 13.0. The summed E-state index contributed by atoms with van der Waals surface area (Å²) in [7, 11) is -3.76. The average Bonchev–Trinajstić information content (AvgIpc) is 2.66. The smallest absolute Gasteiger partial charge is 0.257 e. The molecule has 0 saturated carbocycles. The van der Waals surface area contributed by atoms with Gasteiger partial charge < -0.3 is 10.1 Å². The van der Waals surface area contributed by atoms with Crippen LogP contribution in [0.4, 0.5) is 5.69 Å². The van der Waals surface area contributed by atoms with Crippen LogP contribution in [0.5, 0.6) is 0 Å². The Labute approximate surface area is 153 Å². The lowest BCUT2D eigenvalue weighted by atomic mass is 10.1. The molecule has 7 heteroatoms. The van der Waals surface area contributed by atoms with Gasteiger partial charge in [-0.05, 0) is 43.2 Å². The van der Waals surface area contributed by atoms with E-state index in [1.165, 1.54) is 16.4 Å². The fourth-order valence-electron chi connectivity index (χ4n) is 2.88. The number of ether oxygens (including phenoxy) is 1. The van der Waals surface area contributed by atoms with Crippen molar-refractivity contribution < 1.29 is 17.9 Å². The Morgan fingerprint density at radius 3 is 2.46 bits per heavy atom. The Hall–Kier alpha value is -2.22. The van der Waals surface area contributed by atoms with Gasteiger partial charge in [-0.1, -0.05) is 24.3 Å². The second-order valence-corrected chi connectivity index (χ2v) is 8.12. The highest BCUT2D eigenvalue weighted by molar-refractivity contribution is 7.89. The minimum atomic E-state index is -3.76. The van der Waals surface area contributed by atoms with Gasteiger partial charge in [-0.3, -0.25) is 4.79 Å². The number of carbonyl (C=O) groups excluding carboxylic acids is 1. The maximum Gasteiger partial charge on any atom is 0.257 e. The van der Waals surface area contributed by atoms with E-state index < -0.39 is 15.9 Å². The molecule has 1 heterocycles. The second-order valence-electron chi connectivity index (χ2n) is 6.21. The summed E-state index contributed by atoms with van der Waals surface area (Å²) >= 11 is 0. The zero-order valence-corrected chi connectivity index (χ0v) is 15.7. The molecule has 138 valence electrons. The molecule has 1 aliphatic rings. The van der Waals surface area contributed by atoms with Crippen LogP contribution in [-0.4, -0.2) is 44.9 Å². The van der Waals surface area contributed by atoms with E-state index in [4.69, 9.17) is 4.74 Å². The number of anilines is 1.